The van der Waals surface area contributed by atoms with E-state index < -0.39 is 0 Å². The lowest BCUT2D eigenvalue weighted by Crippen LogP contribution is -2.22. The Labute approximate surface area is 134 Å². The topological polar surface area (TPSA) is 84.5 Å². The van der Waals surface area contributed by atoms with E-state index in [2.05, 4.69) is 10.6 Å². The van der Waals surface area contributed by atoms with Crippen LogP contribution in [0, 0.1) is 5.92 Å². The molecule has 6 heteroatoms. The fourth-order valence-corrected chi connectivity index (χ4v) is 3.00. The van der Waals surface area contributed by atoms with Crippen molar-refractivity contribution in [3.63, 3.8) is 0 Å². The van der Waals surface area contributed by atoms with E-state index in [1.807, 2.05) is 24.3 Å². The molecule has 2 fully saturated rings. The molecular formula is C17H20N2O4. The van der Waals surface area contributed by atoms with Crippen molar-refractivity contribution < 1.29 is 19.1 Å². The molecule has 0 radical (unpaired) electrons. The van der Waals surface area contributed by atoms with E-state index >= 15 is 0 Å². The molecule has 3 amide bonds. The van der Waals surface area contributed by atoms with E-state index in [-0.39, 0.29) is 36.2 Å². The molecular weight excluding hydrogens is 296 g/mol. The molecule has 0 saturated carbocycles. The van der Waals surface area contributed by atoms with Crippen LogP contribution < -0.4 is 10.6 Å². The standard InChI is InChI=1S/C17H20N2O4/c20-15-9-12(17(22)19-15)8-11-3-5-13(6-4-11)18-16(21)10-14-2-1-7-23-14/h3-6,12,14H,1-2,7-10H2,(H,18,21)(H,19,20,22)/t12-,14-/m0/s1. The Bertz CT molecular complexity index is 606. The number of rotatable bonds is 5. The average Bonchev–Trinajstić information content (AvgIpc) is 3.11. The van der Waals surface area contributed by atoms with Gasteiger partial charge in [-0.1, -0.05) is 12.1 Å². The highest BCUT2D eigenvalue weighted by Gasteiger charge is 2.30. The lowest BCUT2D eigenvalue weighted by atomic mass is 9.98. The first-order chi connectivity index (χ1) is 11.1. The summed E-state index contributed by atoms with van der Waals surface area (Å²) in [5.74, 6) is -0.755. The van der Waals surface area contributed by atoms with Gasteiger partial charge in [0.15, 0.2) is 0 Å². The number of nitrogens with one attached hydrogen (secondary N) is 2. The summed E-state index contributed by atoms with van der Waals surface area (Å²) in [6.45, 7) is 0.740. The molecule has 6 nitrogen and oxygen atoms in total. The third-order valence-electron chi connectivity index (χ3n) is 4.22. The molecule has 0 bridgehead atoms. The van der Waals surface area contributed by atoms with Gasteiger partial charge < -0.3 is 10.1 Å². The Balaban J connectivity index is 1.51. The zero-order valence-electron chi connectivity index (χ0n) is 12.8. The Hall–Kier alpha value is -2.21. The lowest BCUT2D eigenvalue weighted by Gasteiger charge is -2.11. The zero-order valence-corrected chi connectivity index (χ0v) is 12.8. The summed E-state index contributed by atoms with van der Waals surface area (Å²) >= 11 is 0. The van der Waals surface area contributed by atoms with Crippen molar-refractivity contribution in [3.05, 3.63) is 29.8 Å². The van der Waals surface area contributed by atoms with Crippen LogP contribution in [0.4, 0.5) is 5.69 Å². The van der Waals surface area contributed by atoms with Gasteiger partial charge in [0, 0.05) is 18.7 Å². The minimum absolute atomic E-state index is 0.0349. The molecule has 0 spiro atoms. The second-order valence-corrected chi connectivity index (χ2v) is 6.10. The highest BCUT2D eigenvalue weighted by molar-refractivity contribution is 6.03. The van der Waals surface area contributed by atoms with Crippen molar-refractivity contribution in [2.75, 3.05) is 11.9 Å². The van der Waals surface area contributed by atoms with Crippen LogP contribution in [0.1, 0.15) is 31.2 Å². The molecule has 0 unspecified atom stereocenters. The minimum atomic E-state index is -0.289. The largest absolute Gasteiger partial charge is 0.378 e. The number of amides is 3. The highest BCUT2D eigenvalue weighted by atomic mass is 16.5. The van der Waals surface area contributed by atoms with Crippen LogP contribution in [0.15, 0.2) is 24.3 Å². The van der Waals surface area contributed by atoms with Gasteiger partial charge in [0.05, 0.1) is 18.4 Å². The van der Waals surface area contributed by atoms with E-state index in [9.17, 15) is 14.4 Å². The number of hydrogen-bond acceptors (Lipinski definition) is 4. The Morgan fingerprint density at radius 3 is 2.65 bits per heavy atom. The van der Waals surface area contributed by atoms with Gasteiger partial charge in [0.1, 0.15) is 0 Å². The summed E-state index contributed by atoms with van der Waals surface area (Å²) in [6.07, 6.45) is 3.15. The number of ether oxygens (including phenoxy) is 1. The summed E-state index contributed by atoms with van der Waals surface area (Å²) in [5, 5.41) is 5.17. The predicted octanol–water partition coefficient (Wildman–Crippen LogP) is 1.40. The third-order valence-corrected chi connectivity index (χ3v) is 4.22. The molecule has 0 aromatic heterocycles. The monoisotopic (exact) mass is 316 g/mol. The van der Waals surface area contributed by atoms with Gasteiger partial charge in [0.25, 0.3) is 0 Å². The van der Waals surface area contributed by atoms with Crippen LogP contribution in [-0.2, 0) is 25.5 Å². The maximum absolute atomic E-state index is 11.9. The van der Waals surface area contributed by atoms with Crippen molar-refractivity contribution in [3.8, 4) is 0 Å². The van der Waals surface area contributed by atoms with Gasteiger partial charge in [0.2, 0.25) is 17.7 Å². The first kappa shape index (κ1) is 15.7. The number of anilines is 1. The number of imide groups is 1. The maximum Gasteiger partial charge on any atom is 0.230 e. The van der Waals surface area contributed by atoms with Crippen LogP contribution in [0.2, 0.25) is 0 Å². The Morgan fingerprint density at radius 1 is 1.26 bits per heavy atom. The zero-order chi connectivity index (χ0) is 16.2. The van der Waals surface area contributed by atoms with E-state index in [4.69, 9.17) is 4.74 Å². The van der Waals surface area contributed by atoms with Crippen LogP contribution in [0.5, 0.6) is 0 Å². The molecule has 2 atom stereocenters. The van der Waals surface area contributed by atoms with Crippen molar-refractivity contribution in [1.82, 2.24) is 5.32 Å². The van der Waals surface area contributed by atoms with Crippen LogP contribution >= 0.6 is 0 Å². The lowest BCUT2D eigenvalue weighted by molar-refractivity contribution is -0.126. The fourth-order valence-electron chi connectivity index (χ4n) is 3.00. The summed E-state index contributed by atoms with van der Waals surface area (Å²) in [6, 6.07) is 7.38. The fraction of sp³-hybridized carbons (Fsp3) is 0.471. The van der Waals surface area contributed by atoms with Crippen molar-refractivity contribution in [2.24, 2.45) is 5.92 Å². The normalized spacial score (nSPS) is 23.8. The molecule has 2 aliphatic heterocycles. The number of carbonyl (C=O) groups is 3. The Morgan fingerprint density at radius 2 is 2.04 bits per heavy atom. The smallest absolute Gasteiger partial charge is 0.230 e. The molecule has 1 aromatic rings. The Kier molecular flexibility index (Phi) is 4.71. The second kappa shape index (κ2) is 6.91. The SMILES string of the molecule is O=C1C[C@H](Cc2ccc(NC(=O)C[C@@H]3CCCO3)cc2)C(=O)N1. The van der Waals surface area contributed by atoms with Gasteiger partial charge >= 0.3 is 0 Å². The van der Waals surface area contributed by atoms with E-state index in [1.54, 1.807) is 0 Å². The quantitative estimate of drug-likeness (QED) is 0.804. The van der Waals surface area contributed by atoms with Gasteiger partial charge in [-0.2, -0.15) is 0 Å². The van der Waals surface area contributed by atoms with Crippen LogP contribution in [0.3, 0.4) is 0 Å². The molecule has 23 heavy (non-hydrogen) atoms. The summed E-state index contributed by atoms with van der Waals surface area (Å²) in [7, 11) is 0. The number of hydrogen-bond donors (Lipinski definition) is 2. The number of benzene rings is 1. The molecule has 122 valence electrons. The van der Waals surface area contributed by atoms with E-state index in [0.717, 1.165) is 30.7 Å². The minimum Gasteiger partial charge on any atom is -0.378 e. The second-order valence-electron chi connectivity index (χ2n) is 6.10. The van der Waals surface area contributed by atoms with E-state index in [1.165, 1.54) is 0 Å². The molecule has 0 aliphatic carbocycles. The van der Waals surface area contributed by atoms with Crippen LogP contribution in [0.25, 0.3) is 0 Å². The highest BCUT2D eigenvalue weighted by Crippen LogP contribution is 2.20. The van der Waals surface area contributed by atoms with Crippen LogP contribution in [-0.4, -0.2) is 30.4 Å². The molecule has 1 aromatic carbocycles. The average molecular weight is 316 g/mol. The first-order valence-corrected chi connectivity index (χ1v) is 7.94. The summed E-state index contributed by atoms with van der Waals surface area (Å²) in [5.41, 5.74) is 1.70. The van der Waals surface area contributed by atoms with Gasteiger partial charge in [-0.05, 0) is 37.0 Å². The molecule has 2 N–H and O–H groups in total. The van der Waals surface area contributed by atoms with Crippen molar-refractivity contribution in [2.45, 2.75) is 38.2 Å². The molecule has 3 rings (SSSR count). The van der Waals surface area contributed by atoms with Crippen molar-refractivity contribution >= 4 is 23.4 Å². The summed E-state index contributed by atoms with van der Waals surface area (Å²) < 4.78 is 5.45. The van der Waals surface area contributed by atoms with Crippen molar-refractivity contribution in [1.29, 1.82) is 0 Å². The van der Waals surface area contributed by atoms with Gasteiger partial charge in [-0.15, -0.1) is 0 Å². The summed E-state index contributed by atoms with van der Waals surface area (Å²) in [4.78, 5) is 34.7. The molecule has 2 heterocycles. The maximum atomic E-state index is 11.9. The third kappa shape index (κ3) is 4.16. The van der Waals surface area contributed by atoms with E-state index in [0.29, 0.717) is 12.8 Å². The van der Waals surface area contributed by atoms with Gasteiger partial charge in [-0.25, -0.2) is 0 Å². The molecule has 2 aliphatic rings. The molecule has 2 saturated heterocycles. The predicted molar refractivity (Wildman–Crippen MR) is 83.6 cm³/mol. The first-order valence-electron chi connectivity index (χ1n) is 7.94. The number of carbonyl (C=O) groups excluding carboxylic acids is 3. The van der Waals surface area contributed by atoms with Gasteiger partial charge in [-0.3, -0.25) is 19.7 Å².